The molecule has 102 valence electrons. The van der Waals surface area contributed by atoms with Gasteiger partial charge in [0.05, 0.1) is 11.5 Å². The minimum Gasteiger partial charge on any atom is -0.462 e. The SMILES string of the molecule is C=C(Cc1ccc([N+](=O)[O-])cc1)C(=O)OCCCC. The van der Waals surface area contributed by atoms with Gasteiger partial charge in [0.15, 0.2) is 0 Å². The number of benzene rings is 1. The largest absolute Gasteiger partial charge is 0.462 e. The van der Waals surface area contributed by atoms with E-state index in [1.165, 1.54) is 12.1 Å². The van der Waals surface area contributed by atoms with E-state index >= 15 is 0 Å². The van der Waals surface area contributed by atoms with E-state index in [2.05, 4.69) is 6.58 Å². The Bertz CT molecular complexity index is 465. The van der Waals surface area contributed by atoms with Gasteiger partial charge in [-0.3, -0.25) is 10.1 Å². The predicted octanol–water partition coefficient (Wildman–Crippen LogP) is 3.04. The zero-order valence-electron chi connectivity index (χ0n) is 10.9. The summed E-state index contributed by atoms with van der Waals surface area (Å²) in [6, 6.07) is 6.04. The van der Waals surface area contributed by atoms with Crippen LogP contribution >= 0.6 is 0 Å². The first-order valence-electron chi connectivity index (χ1n) is 6.12. The summed E-state index contributed by atoms with van der Waals surface area (Å²) in [5.41, 5.74) is 1.17. The van der Waals surface area contributed by atoms with Crippen molar-refractivity contribution in [2.75, 3.05) is 6.61 Å². The average molecular weight is 263 g/mol. The second-order valence-corrected chi connectivity index (χ2v) is 4.19. The molecule has 5 nitrogen and oxygen atoms in total. The van der Waals surface area contributed by atoms with Gasteiger partial charge in [0.25, 0.3) is 5.69 Å². The molecule has 0 bridgehead atoms. The zero-order valence-corrected chi connectivity index (χ0v) is 10.9. The number of hydrogen-bond donors (Lipinski definition) is 0. The quantitative estimate of drug-likeness (QED) is 0.249. The van der Waals surface area contributed by atoms with Gasteiger partial charge in [-0.15, -0.1) is 0 Å². The van der Waals surface area contributed by atoms with Crippen LogP contribution in [0.2, 0.25) is 0 Å². The molecule has 0 saturated carbocycles. The fraction of sp³-hybridized carbons (Fsp3) is 0.357. The molecule has 0 atom stereocenters. The van der Waals surface area contributed by atoms with Crippen molar-refractivity contribution in [2.24, 2.45) is 0 Å². The van der Waals surface area contributed by atoms with Gasteiger partial charge in [-0.1, -0.05) is 32.1 Å². The Labute approximate surface area is 112 Å². The lowest BCUT2D eigenvalue weighted by atomic mass is 10.1. The van der Waals surface area contributed by atoms with Crippen molar-refractivity contribution >= 4 is 11.7 Å². The minimum atomic E-state index is -0.461. The van der Waals surface area contributed by atoms with Crippen molar-refractivity contribution < 1.29 is 14.5 Å². The van der Waals surface area contributed by atoms with E-state index in [1.807, 2.05) is 6.92 Å². The van der Waals surface area contributed by atoms with Crippen LogP contribution in [0.15, 0.2) is 36.4 Å². The van der Waals surface area contributed by atoms with E-state index in [0.29, 0.717) is 18.6 Å². The van der Waals surface area contributed by atoms with E-state index in [9.17, 15) is 14.9 Å². The fourth-order valence-electron chi connectivity index (χ4n) is 1.47. The summed E-state index contributed by atoms with van der Waals surface area (Å²) in [5.74, 6) is -0.410. The van der Waals surface area contributed by atoms with E-state index in [0.717, 1.165) is 18.4 Å². The van der Waals surface area contributed by atoms with Crippen molar-refractivity contribution in [3.63, 3.8) is 0 Å². The molecule has 5 heteroatoms. The van der Waals surface area contributed by atoms with Crippen LogP contribution in [0.5, 0.6) is 0 Å². The minimum absolute atomic E-state index is 0.0277. The summed E-state index contributed by atoms with van der Waals surface area (Å²) < 4.78 is 5.03. The molecule has 0 aliphatic heterocycles. The highest BCUT2D eigenvalue weighted by atomic mass is 16.6. The van der Waals surface area contributed by atoms with Crippen LogP contribution in [0.25, 0.3) is 0 Å². The Hall–Kier alpha value is -2.17. The maximum absolute atomic E-state index is 11.6. The summed E-state index contributed by atoms with van der Waals surface area (Å²) in [7, 11) is 0. The number of esters is 1. The van der Waals surface area contributed by atoms with E-state index in [-0.39, 0.29) is 5.69 Å². The summed E-state index contributed by atoms with van der Waals surface area (Å²) in [6.07, 6.45) is 2.13. The molecular formula is C14H17NO4. The molecule has 0 fully saturated rings. The Morgan fingerprint density at radius 1 is 1.37 bits per heavy atom. The van der Waals surface area contributed by atoms with Crippen LogP contribution in [0.3, 0.4) is 0 Å². The van der Waals surface area contributed by atoms with Crippen LogP contribution in [-0.4, -0.2) is 17.5 Å². The molecule has 0 heterocycles. The fourth-order valence-corrected chi connectivity index (χ4v) is 1.47. The zero-order chi connectivity index (χ0) is 14.3. The highest BCUT2D eigenvalue weighted by Crippen LogP contribution is 2.14. The molecule has 0 unspecified atom stereocenters. The predicted molar refractivity (Wildman–Crippen MR) is 71.8 cm³/mol. The van der Waals surface area contributed by atoms with Crippen molar-refractivity contribution in [1.82, 2.24) is 0 Å². The van der Waals surface area contributed by atoms with Crippen molar-refractivity contribution in [3.05, 3.63) is 52.1 Å². The molecule has 0 aromatic heterocycles. The molecule has 0 N–H and O–H groups in total. The van der Waals surface area contributed by atoms with Crippen LogP contribution < -0.4 is 0 Å². The van der Waals surface area contributed by atoms with Crippen LogP contribution in [0, 0.1) is 10.1 Å². The van der Waals surface area contributed by atoms with E-state index in [1.54, 1.807) is 12.1 Å². The topological polar surface area (TPSA) is 69.4 Å². The maximum Gasteiger partial charge on any atom is 0.333 e. The molecule has 0 spiro atoms. The molecule has 0 aliphatic carbocycles. The molecule has 0 radical (unpaired) electrons. The molecule has 19 heavy (non-hydrogen) atoms. The van der Waals surface area contributed by atoms with Crippen LogP contribution in [0.4, 0.5) is 5.69 Å². The Morgan fingerprint density at radius 2 is 2.00 bits per heavy atom. The number of non-ortho nitro benzene ring substituents is 1. The number of carbonyl (C=O) groups excluding carboxylic acids is 1. The standard InChI is InChI=1S/C14H17NO4/c1-3-4-9-19-14(16)11(2)10-12-5-7-13(8-6-12)15(17)18/h5-8H,2-4,9-10H2,1H3. The van der Waals surface area contributed by atoms with Gasteiger partial charge in [-0.2, -0.15) is 0 Å². The highest BCUT2D eigenvalue weighted by Gasteiger charge is 2.10. The number of ether oxygens (including phenoxy) is 1. The molecule has 0 saturated heterocycles. The monoisotopic (exact) mass is 263 g/mol. The Morgan fingerprint density at radius 3 is 2.53 bits per heavy atom. The first-order valence-corrected chi connectivity index (χ1v) is 6.12. The van der Waals surface area contributed by atoms with E-state index < -0.39 is 10.9 Å². The molecule has 1 rings (SSSR count). The number of nitro benzene ring substituents is 1. The Kier molecular flexibility index (Phi) is 5.73. The maximum atomic E-state index is 11.6. The molecule has 0 amide bonds. The smallest absolute Gasteiger partial charge is 0.333 e. The van der Waals surface area contributed by atoms with Gasteiger partial charge in [-0.05, 0) is 12.0 Å². The third kappa shape index (κ3) is 4.91. The molecule has 1 aromatic carbocycles. The highest BCUT2D eigenvalue weighted by molar-refractivity contribution is 5.88. The van der Waals surface area contributed by atoms with Gasteiger partial charge in [0, 0.05) is 24.1 Å². The van der Waals surface area contributed by atoms with Crippen LogP contribution in [-0.2, 0) is 16.0 Å². The summed E-state index contributed by atoms with van der Waals surface area (Å²) >= 11 is 0. The number of carbonyl (C=O) groups is 1. The van der Waals surface area contributed by atoms with Gasteiger partial charge >= 0.3 is 5.97 Å². The third-order valence-electron chi connectivity index (χ3n) is 2.58. The summed E-state index contributed by atoms with van der Waals surface area (Å²) in [5, 5.41) is 10.5. The second kappa shape index (κ2) is 7.31. The summed E-state index contributed by atoms with van der Waals surface area (Å²) in [6.45, 7) is 6.09. The first-order chi connectivity index (χ1) is 9.04. The lowest BCUT2D eigenvalue weighted by molar-refractivity contribution is -0.384. The number of nitro groups is 1. The van der Waals surface area contributed by atoms with Crippen LogP contribution in [0.1, 0.15) is 25.3 Å². The number of rotatable bonds is 7. The van der Waals surface area contributed by atoms with Gasteiger partial charge in [0.1, 0.15) is 0 Å². The molecular weight excluding hydrogens is 246 g/mol. The molecule has 1 aromatic rings. The van der Waals surface area contributed by atoms with Crippen molar-refractivity contribution in [2.45, 2.75) is 26.2 Å². The van der Waals surface area contributed by atoms with Gasteiger partial charge < -0.3 is 4.74 Å². The lowest BCUT2D eigenvalue weighted by Gasteiger charge is -2.06. The number of nitrogens with zero attached hydrogens (tertiary/aromatic N) is 1. The van der Waals surface area contributed by atoms with E-state index in [4.69, 9.17) is 4.74 Å². The number of unbranched alkanes of at least 4 members (excludes halogenated alkanes) is 1. The third-order valence-corrected chi connectivity index (χ3v) is 2.58. The van der Waals surface area contributed by atoms with Crippen molar-refractivity contribution in [1.29, 1.82) is 0 Å². The van der Waals surface area contributed by atoms with Gasteiger partial charge in [-0.25, -0.2) is 4.79 Å². The first kappa shape index (κ1) is 14.9. The average Bonchev–Trinajstić information content (AvgIpc) is 2.39. The number of hydrogen-bond acceptors (Lipinski definition) is 4. The van der Waals surface area contributed by atoms with Gasteiger partial charge in [0.2, 0.25) is 0 Å². The molecule has 0 aliphatic rings. The normalized spacial score (nSPS) is 9.95. The summed E-state index contributed by atoms with van der Waals surface area (Å²) in [4.78, 5) is 21.6. The Balaban J connectivity index is 2.52. The lowest BCUT2D eigenvalue weighted by Crippen LogP contribution is -2.10. The van der Waals surface area contributed by atoms with Crippen molar-refractivity contribution in [3.8, 4) is 0 Å². The second-order valence-electron chi connectivity index (χ2n) is 4.19.